The summed E-state index contributed by atoms with van der Waals surface area (Å²) in [4.78, 5) is 30.5. The lowest BCUT2D eigenvalue weighted by atomic mass is 9.90. The van der Waals surface area contributed by atoms with Crippen LogP contribution in [0.4, 0.5) is 4.79 Å². The maximum Gasteiger partial charge on any atom is 0.346 e. The number of thioether (sulfide) groups is 1. The zero-order chi connectivity index (χ0) is 19.9. The third-order valence-electron chi connectivity index (χ3n) is 4.24. The number of hydrogen-bond donors (Lipinski definition) is 0. The number of unbranched alkanes of at least 4 members (excludes halogenated alkanes) is 1. The summed E-state index contributed by atoms with van der Waals surface area (Å²) >= 11 is 1.36. The van der Waals surface area contributed by atoms with E-state index < -0.39 is 0 Å². The van der Waals surface area contributed by atoms with Gasteiger partial charge in [0.25, 0.3) is 0 Å². The van der Waals surface area contributed by atoms with Crippen LogP contribution in [0.2, 0.25) is 0 Å². The van der Waals surface area contributed by atoms with Crippen molar-refractivity contribution in [2.45, 2.75) is 64.5 Å². The second-order valence-corrected chi connectivity index (χ2v) is 8.26. The number of aromatic nitrogens is 3. The SMILES string of the molecule is CCCCOC(=O)C(C)CSc1nc(C(C)(C)CC)nn1C(=O)N(C)C. The lowest BCUT2D eigenvalue weighted by Gasteiger charge is -2.17. The summed E-state index contributed by atoms with van der Waals surface area (Å²) in [5.41, 5.74) is -0.224. The molecule has 1 atom stereocenters. The zero-order valence-corrected chi connectivity index (χ0v) is 17.9. The molecule has 1 unspecified atom stereocenters. The molecule has 0 saturated heterocycles. The fourth-order valence-electron chi connectivity index (χ4n) is 1.88. The molecule has 1 amide bonds. The first-order valence-electron chi connectivity index (χ1n) is 9.12. The molecule has 0 aliphatic heterocycles. The van der Waals surface area contributed by atoms with Crippen LogP contribution in [-0.2, 0) is 14.9 Å². The second-order valence-electron chi connectivity index (χ2n) is 7.28. The summed E-state index contributed by atoms with van der Waals surface area (Å²) in [6.45, 7) is 10.5. The minimum Gasteiger partial charge on any atom is -0.465 e. The van der Waals surface area contributed by atoms with Gasteiger partial charge in [0.1, 0.15) is 0 Å². The highest BCUT2D eigenvalue weighted by Crippen LogP contribution is 2.27. The average Bonchev–Trinajstić information content (AvgIpc) is 3.03. The molecule has 0 aromatic carbocycles. The first-order valence-corrected chi connectivity index (χ1v) is 10.1. The Bertz CT molecular complexity index is 614. The molecule has 0 saturated carbocycles. The monoisotopic (exact) mass is 384 g/mol. The summed E-state index contributed by atoms with van der Waals surface area (Å²) in [5, 5.41) is 4.94. The third kappa shape index (κ3) is 6.00. The molecule has 1 aromatic heterocycles. The van der Waals surface area contributed by atoms with E-state index in [4.69, 9.17) is 4.74 Å². The van der Waals surface area contributed by atoms with Crippen LogP contribution in [0, 0.1) is 5.92 Å². The lowest BCUT2D eigenvalue weighted by molar-refractivity contribution is -0.147. The van der Waals surface area contributed by atoms with Crippen LogP contribution in [0.3, 0.4) is 0 Å². The van der Waals surface area contributed by atoms with Crippen molar-refractivity contribution in [1.82, 2.24) is 19.7 Å². The van der Waals surface area contributed by atoms with Gasteiger partial charge in [-0.1, -0.05) is 52.8 Å². The van der Waals surface area contributed by atoms with Crippen LogP contribution in [-0.4, -0.2) is 58.1 Å². The maximum atomic E-state index is 12.4. The molecule has 7 nitrogen and oxygen atoms in total. The van der Waals surface area contributed by atoms with E-state index in [2.05, 4.69) is 37.8 Å². The second kappa shape index (κ2) is 9.94. The molecule has 148 valence electrons. The number of ether oxygens (including phenoxy) is 1. The molecule has 0 bridgehead atoms. The fraction of sp³-hybridized carbons (Fsp3) is 0.778. The van der Waals surface area contributed by atoms with Gasteiger partial charge in [0.15, 0.2) is 11.0 Å². The molecule has 0 aliphatic rings. The molecule has 1 aromatic rings. The van der Waals surface area contributed by atoms with Crippen molar-refractivity contribution in [3.63, 3.8) is 0 Å². The number of carbonyl (C=O) groups excluding carboxylic acids is 2. The Labute approximate surface area is 160 Å². The molecule has 0 radical (unpaired) electrons. The Kier molecular flexibility index (Phi) is 8.59. The summed E-state index contributed by atoms with van der Waals surface area (Å²) < 4.78 is 6.58. The number of amides is 1. The fourth-order valence-corrected chi connectivity index (χ4v) is 2.80. The number of esters is 1. The summed E-state index contributed by atoms with van der Waals surface area (Å²) in [6, 6.07) is -0.253. The Balaban J connectivity index is 2.90. The topological polar surface area (TPSA) is 77.3 Å². The van der Waals surface area contributed by atoms with Crippen molar-refractivity contribution >= 4 is 23.8 Å². The molecule has 26 heavy (non-hydrogen) atoms. The van der Waals surface area contributed by atoms with E-state index >= 15 is 0 Å². The number of nitrogens with zero attached hydrogens (tertiary/aromatic N) is 4. The van der Waals surface area contributed by atoms with Crippen LogP contribution in [0.15, 0.2) is 5.16 Å². The zero-order valence-electron chi connectivity index (χ0n) is 17.0. The van der Waals surface area contributed by atoms with E-state index in [1.807, 2.05) is 6.92 Å². The maximum absolute atomic E-state index is 12.4. The predicted octanol–water partition coefficient (Wildman–Crippen LogP) is 3.57. The predicted molar refractivity (Wildman–Crippen MR) is 104 cm³/mol. The van der Waals surface area contributed by atoms with Crippen LogP contribution in [0.5, 0.6) is 0 Å². The van der Waals surface area contributed by atoms with E-state index in [0.717, 1.165) is 19.3 Å². The van der Waals surface area contributed by atoms with Gasteiger partial charge in [0.2, 0.25) is 0 Å². The summed E-state index contributed by atoms with van der Waals surface area (Å²) in [6.07, 6.45) is 2.71. The van der Waals surface area contributed by atoms with Gasteiger partial charge in [-0.15, -0.1) is 5.10 Å². The minimum absolute atomic E-state index is 0.218. The van der Waals surface area contributed by atoms with E-state index in [-0.39, 0.29) is 23.3 Å². The molecule has 0 aliphatic carbocycles. The largest absolute Gasteiger partial charge is 0.465 e. The van der Waals surface area contributed by atoms with Crippen molar-refractivity contribution in [3.05, 3.63) is 5.82 Å². The molecule has 1 rings (SSSR count). The van der Waals surface area contributed by atoms with Gasteiger partial charge in [0, 0.05) is 25.3 Å². The molecule has 0 N–H and O–H groups in total. The summed E-state index contributed by atoms with van der Waals surface area (Å²) in [7, 11) is 3.35. The van der Waals surface area contributed by atoms with Gasteiger partial charge < -0.3 is 9.64 Å². The van der Waals surface area contributed by atoms with Crippen LogP contribution < -0.4 is 0 Å². The summed E-state index contributed by atoms with van der Waals surface area (Å²) in [5.74, 6) is 0.621. The molecular weight excluding hydrogens is 352 g/mol. The number of carbonyl (C=O) groups is 2. The first-order chi connectivity index (χ1) is 12.1. The van der Waals surface area contributed by atoms with E-state index in [1.54, 1.807) is 14.1 Å². The molecule has 0 fully saturated rings. The minimum atomic E-state index is -0.279. The van der Waals surface area contributed by atoms with Gasteiger partial charge in [-0.05, 0) is 12.8 Å². The van der Waals surface area contributed by atoms with Gasteiger partial charge in [0.05, 0.1) is 12.5 Å². The highest BCUT2D eigenvalue weighted by atomic mass is 32.2. The quantitative estimate of drug-likeness (QED) is 0.368. The molecule has 0 spiro atoms. The third-order valence-corrected chi connectivity index (χ3v) is 5.43. The van der Waals surface area contributed by atoms with Crippen molar-refractivity contribution < 1.29 is 14.3 Å². The average molecular weight is 385 g/mol. The lowest BCUT2D eigenvalue weighted by Crippen LogP contribution is -2.29. The normalized spacial score (nSPS) is 12.7. The molecular formula is C18H32N4O3S. The smallest absolute Gasteiger partial charge is 0.346 e. The Morgan fingerprint density at radius 1 is 1.31 bits per heavy atom. The van der Waals surface area contributed by atoms with Gasteiger partial charge >= 0.3 is 12.0 Å². The Morgan fingerprint density at radius 3 is 2.50 bits per heavy atom. The van der Waals surface area contributed by atoms with Crippen molar-refractivity contribution in [2.24, 2.45) is 5.92 Å². The van der Waals surface area contributed by atoms with Crippen molar-refractivity contribution in [1.29, 1.82) is 0 Å². The van der Waals surface area contributed by atoms with E-state index in [0.29, 0.717) is 23.3 Å². The first kappa shape index (κ1) is 22.5. The Morgan fingerprint density at radius 2 is 1.96 bits per heavy atom. The molecule has 8 heteroatoms. The van der Waals surface area contributed by atoms with Crippen LogP contribution in [0.25, 0.3) is 0 Å². The van der Waals surface area contributed by atoms with Gasteiger partial charge in [-0.3, -0.25) is 4.79 Å². The van der Waals surface area contributed by atoms with Gasteiger partial charge in [-0.2, -0.15) is 4.68 Å². The highest BCUT2D eigenvalue weighted by molar-refractivity contribution is 7.99. The van der Waals surface area contributed by atoms with Crippen LogP contribution >= 0.6 is 11.8 Å². The number of hydrogen-bond acceptors (Lipinski definition) is 6. The van der Waals surface area contributed by atoms with E-state index in [9.17, 15) is 9.59 Å². The highest BCUT2D eigenvalue weighted by Gasteiger charge is 2.28. The molecule has 1 heterocycles. The van der Waals surface area contributed by atoms with Crippen molar-refractivity contribution in [3.8, 4) is 0 Å². The number of rotatable bonds is 9. The Hall–Kier alpha value is -1.57. The van der Waals surface area contributed by atoms with Gasteiger partial charge in [-0.25, -0.2) is 9.78 Å². The van der Waals surface area contributed by atoms with Crippen LogP contribution in [0.1, 0.15) is 59.7 Å². The van der Waals surface area contributed by atoms with E-state index in [1.165, 1.54) is 21.3 Å². The van der Waals surface area contributed by atoms with Crippen molar-refractivity contribution in [2.75, 3.05) is 26.5 Å². The standard InChI is InChI=1S/C18H32N4O3S/c1-8-10-11-25-14(23)13(3)12-26-16-19-15(18(4,5)9-2)20-22(16)17(24)21(6)7/h13H,8-12H2,1-7H3.